The van der Waals surface area contributed by atoms with Gasteiger partial charge in [0.1, 0.15) is 11.1 Å². The molecule has 0 aliphatic rings. The number of anilines is 1. The van der Waals surface area contributed by atoms with E-state index in [0.717, 1.165) is 10.2 Å². The first-order chi connectivity index (χ1) is 10.9. The molecule has 0 saturated carbocycles. The van der Waals surface area contributed by atoms with Crippen LogP contribution in [0.3, 0.4) is 0 Å². The summed E-state index contributed by atoms with van der Waals surface area (Å²) in [5.41, 5.74) is 0.950. The fourth-order valence-electron chi connectivity index (χ4n) is 2.16. The molecular formula is C16H19ClN4O2. The van der Waals surface area contributed by atoms with E-state index in [0.29, 0.717) is 12.1 Å². The molecule has 7 heteroatoms. The van der Waals surface area contributed by atoms with Crippen LogP contribution < -0.4 is 10.9 Å². The second kappa shape index (κ2) is 7.28. The molecule has 1 aromatic carbocycles. The summed E-state index contributed by atoms with van der Waals surface area (Å²) in [6.07, 6.45) is 1.92. The molecule has 2 aromatic rings. The third-order valence-corrected chi connectivity index (χ3v) is 3.79. The first-order valence-electron chi connectivity index (χ1n) is 7.13. The number of aryl methyl sites for hydroxylation is 1. The molecule has 0 fully saturated rings. The van der Waals surface area contributed by atoms with Gasteiger partial charge in [0.2, 0.25) is 5.91 Å². The standard InChI is InChI=1S/C16H19ClN4O2/c1-20(2)15(22)12(9-11-7-5-4-6-8-11)19-13-10-18-21(3)16(23)14(13)17/h4-8,10,12,19H,9H2,1-3H3/t12-/m0/s1. The number of halogens is 1. The van der Waals surface area contributed by atoms with Gasteiger partial charge in [-0.3, -0.25) is 9.59 Å². The van der Waals surface area contributed by atoms with E-state index in [4.69, 9.17) is 11.6 Å². The number of carbonyl (C=O) groups excluding carboxylic acids is 1. The van der Waals surface area contributed by atoms with Crippen LogP contribution in [0, 0.1) is 0 Å². The van der Waals surface area contributed by atoms with Crippen LogP contribution >= 0.6 is 11.6 Å². The molecule has 0 aliphatic carbocycles. The van der Waals surface area contributed by atoms with E-state index < -0.39 is 11.6 Å². The Morgan fingerprint density at radius 2 is 2.00 bits per heavy atom. The Morgan fingerprint density at radius 3 is 2.61 bits per heavy atom. The highest BCUT2D eigenvalue weighted by Gasteiger charge is 2.22. The van der Waals surface area contributed by atoms with Crippen molar-refractivity contribution in [2.45, 2.75) is 12.5 Å². The van der Waals surface area contributed by atoms with Crippen molar-refractivity contribution in [1.82, 2.24) is 14.7 Å². The summed E-state index contributed by atoms with van der Waals surface area (Å²) in [6, 6.07) is 9.10. The summed E-state index contributed by atoms with van der Waals surface area (Å²) in [6.45, 7) is 0. The summed E-state index contributed by atoms with van der Waals surface area (Å²) in [7, 11) is 4.89. The Bertz CT molecular complexity index is 743. The van der Waals surface area contributed by atoms with E-state index in [1.807, 2.05) is 30.3 Å². The van der Waals surface area contributed by atoms with E-state index in [1.54, 1.807) is 14.1 Å². The summed E-state index contributed by atoms with van der Waals surface area (Å²) < 4.78 is 1.15. The zero-order chi connectivity index (χ0) is 17.0. The van der Waals surface area contributed by atoms with E-state index in [-0.39, 0.29) is 10.9 Å². The molecule has 1 amide bonds. The Morgan fingerprint density at radius 1 is 1.35 bits per heavy atom. The Balaban J connectivity index is 2.30. The number of carbonyl (C=O) groups is 1. The Hall–Kier alpha value is -2.34. The third-order valence-electron chi connectivity index (χ3n) is 3.43. The summed E-state index contributed by atoms with van der Waals surface area (Å²) in [4.78, 5) is 25.8. The van der Waals surface area contributed by atoms with Gasteiger partial charge >= 0.3 is 0 Å². The quantitative estimate of drug-likeness (QED) is 0.900. The van der Waals surface area contributed by atoms with Gasteiger partial charge in [-0.05, 0) is 5.56 Å². The molecule has 1 heterocycles. The minimum Gasteiger partial charge on any atom is -0.371 e. The van der Waals surface area contributed by atoms with Gasteiger partial charge in [0.15, 0.2) is 0 Å². The topological polar surface area (TPSA) is 67.2 Å². The number of likely N-dealkylation sites (N-methyl/N-ethyl adjacent to an activating group) is 1. The molecule has 2 rings (SSSR count). The number of benzene rings is 1. The molecule has 1 N–H and O–H groups in total. The van der Waals surface area contributed by atoms with Crippen LogP contribution in [0.1, 0.15) is 5.56 Å². The van der Waals surface area contributed by atoms with Crippen molar-refractivity contribution in [2.75, 3.05) is 19.4 Å². The molecule has 1 aromatic heterocycles. The van der Waals surface area contributed by atoms with Crippen molar-refractivity contribution in [3.8, 4) is 0 Å². The van der Waals surface area contributed by atoms with Gasteiger partial charge in [0.05, 0.1) is 11.9 Å². The van der Waals surface area contributed by atoms with Gasteiger partial charge in [-0.2, -0.15) is 5.10 Å². The first kappa shape index (κ1) is 17.0. The maximum absolute atomic E-state index is 12.4. The zero-order valence-corrected chi connectivity index (χ0v) is 14.0. The number of hydrogen-bond acceptors (Lipinski definition) is 4. The van der Waals surface area contributed by atoms with Crippen molar-refractivity contribution >= 4 is 23.2 Å². The van der Waals surface area contributed by atoms with Gasteiger partial charge in [-0.1, -0.05) is 41.9 Å². The van der Waals surface area contributed by atoms with Crippen LogP contribution in [-0.4, -0.2) is 40.7 Å². The fraction of sp³-hybridized carbons (Fsp3) is 0.312. The predicted octanol–water partition coefficient (Wildman–Crippen LogP) is 1.55. The van der Waals surface area contributed by atoms with Gasteiger partial charge in [-0.25, -0.2) is 4.68 Å². The highest BCUT2D eigenvalue weighted by atomic mass is 35.5. The molecule has 1 atom stereocenters. The largest absolute Gasteiger partial charge is 0.371 e. The van der Waals surface area contributed by atoms with Gasteiger partial charge in [0, 0.05) is 27.6 Å². The fourth-order valence-corrected chi connectivity index (χ4v) is 2.39. The van der Waals surface area contributed by atoms with Crippen LogP contribution in [-0.2, 0) is 18.3 Å². The summed E-state index contributed by atoms with van der Waals surface area (Å²) in [5.74, 6) is -0.106. The number of rotatable bonds is 5. The summed E-state index contributed by atoms with van der Waals surface area (Å²) in [5, 5.41) is 7.00. The molecule has 122 valence electrons. The highest BCUT2D eigenvalue weighted by molar-refractivity contribution is 6.33. The SMILES string of the molecule is CN(C)C(=O)[C@H](Cc1ccccc1)Nc1cnn(C)c(=O)c1Cl. The van der Waals surface area contributed by atoms with E-state index in [1.165, 1.54) is 18.1 Å². The summed E-state index contributed by atoms with van der Waals surface area (Å²) >= 11 is 6.07. The zero-order valence-electron chi connectivity index (χ0n) is 13.3. The maximum Gasteiger partial charge on any atom is 0.287 e. The highest BCUT2D eigenvalue weighted by Crippen LogP contribution is 2.18. The second-order valence-electron chi connectivity index (χ2n) is 5.42. The van der Waals surface area contributed by atoms with Gasteiger partial charge < -0.3 is 10.2 Å². The normalized spacial score (nSPS) is 11.8. The second-order valence-corrected chi connectivity index (χ2v) is 5.80. The lowest BCUT2D eigenvalue weighted by atomic mass is 10.0. The molecule has 0 bridgehead atoms. The van der Waals surface area contributed by atoms with Crippen molar-refractivity contribution in [2.24, 2.45) is 7.05 Å². The molecule has 0 aliphatic heterocycles. The molecule has 0 spiro atoms. The van der Waals surface area contributed by atoms with Crippen LogP contribution in [0.15, 0.2) is 41.3 Å². The average Bonchev–Trinajstić information content (AvgIpc) is 2.54. The lowest BCUT2D eigenvalue weighted by Crippen LogP contribution is -2.41. The lowest BCUT2D eigenvalue weighted by Gasteiger charge is -2.23. The van der Waals surface area contributed by atoms with E-state index in [9.17, 15) is 9.59 Å². The first-order valence-corrected chi connectivity index (χ1v) is 7.51. The molecule has 0 saturated heterocycles. The maximum atomic E-state index is 12.4. The molecule has 23 heavy (non-hydrogen) atoms. The molecule has 0 radical (unpaired) electrons. The minimum atomic E-state index is -0.543. The molecule has 0 unspecified atom stereocenters. The Labute approximate surface area is 139 Å². The average molecular weight is 335 g/mol. The molecule has 6 nitrogen and oxygen atoms in total. The predicted molar refractivity (Wildman–Crippen MR) is 90.7 cm³/mol. The number of nitrogens with zero attached hydrogens (tertiary/aromatic N) is 3. The monoisotopic (exact) mass is 334 g/mol. The minimum absolute atomic E-state index is 0.0205. The van der Waals surface area contributed by atoms with Crippen LogP contribution in [0.4, 0.5) is 5.69 Å². The smallest absolute Gasteiger partial charge is 0.287 e. The Kier molecular flexibility index (Phi) is 5.39. The van der Waals surface area contributed by atoms with E-state index in [2.05, 4.69) is 10.4 Å². The lowest BCUT2D eigenvalue weighted by molar-refractivity contribution is -0.129. The van der Waals surface area contributed by atoms with E-state index >= 15 is 0 Å². The van der Waals surface area contributed by atoms with Crippen molar-refractivity contribution in [3.63, 3.8) is 0 Å². The molecular weight excluding hydrogens is 316 g/mol. The number of amides is 1. The van der Waals surface area contributed by atoms with Gasteiger partial charge in [0.25, 0.3) is 5.56 Å². The van der Waals surface area contributed by atoms with Crippen LogP contribution in [0.25, 0.3) is 0 Å². The van der Waals surface area contributed by atoms with Gasteiger partial charge in [-0.15, -0.1) is 0 Å². The third kappa shape index (κ3) is 4.10. The van der Waals surface area contributed by atoms with Crippen LogP contribution in [0.2, 0.25) is 5.02 Å². The van der Waals surface area contributed by atoms with Crippen LogP contribution in [0.5, 0.6) is 0 Å². The van der Waals surface area contributed by atoms with Crippen molar-refractivity contribution in [1.29, 1.82) is 0 Å². The number of hydrogen-bond donors (Lipinski definition) is 1. The number of nitrogens with one attached hydrogen (secondary N) is 1. The van der Waals surface area contributed by atoms with Crippen molar-refractivity contribution in [3.05, 3.63) is 57.5 Å². The van der Waals surface area contributed by atoms with Crippen molar-refractivity contribution < 1.29 is 4.79 Å². The number of aromatic nitrogens is 2.